The SMILES string of the molecule is CC(C)CCOCCNCC(CN)C(C)C. The Morgan fingerprint density at radius 2 is 1.81 bits per heavy atom. The first-order chi connectivity index (χ1) is 7.57. The monoisotopic (exact) mass is 230 g/mol. The number of nitrogens with two attached hydrogens (primary N) is 1. The van der Waals surface area contributed by atoms with Crippen LogP contribution >= 0.6 is 0 Å². The van der Waals surface area contributed by atoms with Gasteiger partial charge >= 0.3 is 0 Å². The number of nitrogens with one attached hydrogen (secondary N) is 1. The number of hydrogen-bond donors (Lipinski definition) is 2. The van der Waals surface area contributed by atoms with Gasteiger partial charge in [0.2, 0.25) is 0 Å². The summed E-state index contributed by atoms with van der Waals surface area (Å²) in [5.74, 6) is 1.96. The zero-order valence-electron chi connectivity index (χ0n) is 11.5. The highest BCUT2D eigenvalue weighted by atomic mass is 16.5. The Balaban J connectivity index is 3.26. The number of hydrogen-bond acceptors (Lipinski definition) is 3. The van der Waals surface area contributed by atoms with E-state index < -0.39 is 0 Å². The van der Waals surface area contributed by atoms with Crippen molar-refractivity contribution in [2.24, 2.45) is 23.5 Å². The third kappa shape index (κ3) is 9.13. The second kappa shape index (κ2) is 10.1. The fraction of sp³-hybridized carbons (Fsp3) is 1.00. The zero-order valence-corrected chi connectivity index (χ0v) is 11.5. The Morgan fingerprint density at radius 1 is 1.12 bits per heavy atom. The first-order valence-corrected chi connectivity index (χ1v) is 6.56. The normalized spacial score (nSPS) is 13.7. The van der Waals surface area contributed by atoms with Crippen molar-refractivity contribution in [3.05, 3.63) is 0 Å². The maximum atomic E-state index is 5.70. The summed E-state index contributed by atoms with van der Waals surface area (Å²) in [6.45, 7) is 13.3. The molecular formula is C13H30N2O. The summed E-state index contributed by atoms with van der Waals surface area (Å²) in [5.41, 5.74) is 5.70. The van der Waals surface area contributed by atoms with E-state index >= 15 is 0 Å². The van der Waals surface area contributed by atoms with Gasteiger partial charge in [0.15, 0.2) is 0 Å². The van der Waals surface area contributed by atoms with E-state index in [-0.39, 0.29) is 0 Å². The lowest BCUT2D eigenvalue weighted by Crippen LogP contribution is -2.33. The highest BCUT2D eigenvalue weighted by Crippen LogP contribution is 2.06. The number of ether oxygens (including phenoxy) is 1. The summed E-state index contributed by atoms with van der Waals surface area (Å²) in [4.78, 5) is 0. The second-order valence-electron chi connectivity index (χ2n) is 5.24. The molecule has 0 saturated heterocycles. The molecule has 0 aliphatic rings. The van der Waals surface area contributed by atoms with Gasteiger partial charge < -0.3 is 15.8 Å². The Labute approximate surface area is 101 Å². The van der Waals surface area contributed by atoms with Crippen LogP contribution in [0.3, 0.4) is 0 Å². The van der Waals surface area contributed by atoms with Crippen LogP contribution in [-0.2, 0) is 4.74 Å². The lowest BCUT2D eigenvalue weighted by Gasteiger charge is -2.19. The van der Waals surface area contributed by atoms with Crippen molar-refractivity contribution in [3.63, 3.8) is 0 Å². The van der Waals surface area contributed by atoms with Crippen LogP contribution in [-0.4, -0.2) is 32.8 Å². The van der Waals surface area contributed by atoms with Crippen molar-refractivity contribution in [3.8, 4) is 0 Å². The molecule has 0 aliphatic carbocycles. The van der Waals surface area contributed by atoms with E-state index in [0.717, 1.165) is 45.2 Å². The topological polar surface area (TPSA) is 47.3 Å². The molecule has 3 N–H and O–H groups in total. The van der Waals surface area contributed by atoms with E-state index in [9.17, 15) is 0 Å². The van der Waals surface area contributed by atoms with Crippen molar-refractivity contribution < 1.29 is 4.74 Å². The van der Waals surface area contributed by atoms with Gasteiger partial charge in [-0.2, -0.15) is 0 Å². The maximum Gasteiger partial charge on any atom is 0.0590 e. The maximum absolute atomic E-state index is 5.70. The first-order valence-electron chi connectivity index (χ1n) is 6.56. The fourth-order valence-electron chi connectivity index (χ4n) is 1.44. The van der Waals surface area contributed by atoms with Gasteiger partial charge in [0, 0.05) is 13.2 Å². The molecule has 0 saturated carbocycles. The smallest absolute Gasteiger partial charge is 0.0590 e. The molecule has 98 valence electrons. The molecule has 3 heteroatoms. The molecule has 0 spiro atoms. The highest BCUT2D eigenvalue weighted by molar-refractivity contribution is 4.66. The largest absolute Gasteiger partial charge is 0.380 e. The second-order valence-corrected chi connectivity index (χ2v) is 5.24. The molecule has 0 heterocycles. The summed E-state index contributed by atoms with van der Waals surface area (Å²) >= 11 is 0. The Kier molecular flexibility index (Phi) is 9.99. The van der Waals surface area contributed by atoms with Gasteiger partial charge in [-0.25, -0.2) is 0 Å². The van der Waals surface area contributed by atoms with Crippen molar-refractivity contribution in [2.45, 2.75) is 34.1 Å². The van der Waals surface area contributed by atoms with Gasteiger partial charge in [0.25, 0.3) is 0 Å². The number of rotatable bonds is 10. The average molecular weight is 230 g/mol. The molecule has 0 bridgehead atoms. The van der Waals surface area contributed by atoms with Crippen molar-refractivity contribution in [2.75, 3.05) is 32.8 Å². The lowest BCUT2D eigenvalue weighted by atomic mass is 9.96. The van der Waals surface area contributed by atoms with Crippen LogP contribution in [0.25, 0.3) is 0 Å². The molecular weight excluding hydrogens is 200 g/mol. The highest BCUT2D eigenvalue weighted by Gasteiger charge is 2.09. The van der Waals surface area contributed by atoms with Gasteiger partial charge in [-0.05, 0) is 37.3 Å². The van der Waals surface area contributed by atoms with Gasteiger partial charge in [0.1, 0.15) is 0 Å². The van der Waals surface area contributed by atoms with E-state index in [4.69, 9.17) is 10.5 Å². The van der Waals surface area contributed by atoms with Gasteiger partial charge in [-0.15, -0.1) is 0 Å². The standard InChI is InChI=1S/C13H30N2O/c1-11(2)5-7-16-8-6-15-10-13(9-14)12(3)4/h11-13,15H,5-10,14H2,1-4H3. The molecule has 0 fully saturated rings. The molecule has 16 heavy (non-hydrogen) atoms. The van der Waals surface area contributed by atoms with Crippen LogP contribution in [0.4, 0.5) is 0 Å². The average Bonchev–Trinajstić information content (AvgIpc) is 2.21. The van der Waals surface area contributed by atoms with Crippen LogP contribution in [0.1, 0.15) is 34.1 Å². The molecule has 0 aromatic rings. The Bertz CT molecular complexity index is 149. The van der Waals surface area contributed by atoms with Gasteiger partial charge in [-0.1, -0.05) is 27.7 Å². The van der Waals surface area contributed by atoms with Gasteiger partial charge in [0.05, 0.1) is 6.61 Å². The predicted molar refractivity (Wildman–Crippen MR) is 70.5 cm³/mol. The molecule has 0 aromatic heterocycles. The van der Waals surface area contributed by atoms with E-state index in [0.29, 0.717) is 11.8 Å². The molecule has 0 amide bonds. The molecule has 0 rings (SSSR count). The predicted octanol–water partition coefficient (Wildman–Crippen LogP) is 1.87. The lowest BCUT2D eigenvalue weighted by molar-refractivity contribution is 0.124. The molecule has 1 unspecified atom stereocenters. The quantitative estimate of drug-likeness (QED) is 0.563. The zero-order chi connectivity index (χ0) is 12.4. The fourth-order valence-corrected chi connectivity index (χ4v) is 1.44. The van der Waals surface area contributed by atoms with Crippen LogP contribution in [0.15, 0.2) is 0 Å². The van der Waals surface area contributed by atoms with Crippen molar-refractivity contribution in [1.82, 2.24) is 5.32 Å². The molecule has 3 nitrogen and oxygen atoms in total. The molecule has 0 aliphatic heterocycles. The minimum atomic E-state index is 0.579. The Hall–Kier alpha value is -0.120. The van der Waals surface area contributed by atoms with Crippen LogP contribution in [0, 0.1) is 17.8 Å². The minimum absolute atomic E-state index is 0.579. The summed E-state index contributed by atoms with van der Waals surface area (Å²) in [6, 6.07) is 0. The molecule has 1 atom stereocenters. The van der Waals surface area contributed by atoms with Crippen LogP contribution in [0.5, 0.6) is 0 Å². The first kappa shape index (κ1) is 15.9. The van der Waals surface area contributed by atoms with Gasteiger partial charge in [-0.3, -0.25) is 0 Å². The van der Waals surface area contributed by atoms with Crippen molar-refractivity contribution in [1.29, 1.82) is 0 Å². The van der Waals surface area contributed by atoms with Crippen LogP contribution in [0.2, 0.25) is 0 Å². The third-order valence-electron chi connectivity index (χ3n) is 2.91. The Morgan fingerprint density at radius 3 is 2.31 bits per heavy atom. The van der Waals surface area contributed by atoms with E-state index in [1.54, 1.807) is 0 Å². The molecule has 0 radical (unpaired) electrons. The molecule has 0 aromatic carbocycles. The minimum Gasteiger partial charge on any atom is -0.380 e. The van der Waals surface area contributed by atoms with E-state index in [1.165, 1.54) is 0 Å². The summed E-state index contributed by atoms with van der Waals surface area (Å²) in [7, 11) is 0. The summed E-state index contributed by atoms with van der Waals surface area (Å²) < 4.78 is 5.53. The van der Waals surface area contributed by atoms with E-state index in [1.807, 2.05) is 0 Å². The third-order valence-corrected chi connectivity index (χ3v) is 2.91. The van der Waals surface area contributed by atoms with E-state index in [2.05, 4.69) is 33.0 Å². The summed E-state index contributed by atoms with van der Waals surface area (Å²) in [5, 5.41) is 3.40. The van der Waals surface area contributed by atoms with Crippen LogP contribution < -0.4 is 11.1 Å². The van der Waals surface area contributed by atoms with Crippen molar-refractivity contribution >= 4 is 0 Å². The summed E-state index contributed by atoms with van der Waals surface area (Å²) in [6.07, 6.45) is 1.15.